The van der Waals surface area contributed by atoms with Crippen LogP contribution in [0.4, 0.5) is 0 Å². The summed E-state index contributed by atoms with van der Waals surface area (Å²) < 4.78 is 4.55. The second-order valence-corrected chi connectivity index (χ2v) is 3.65. The number of methoxy groups -OCH3 is 1. The predicted octanol–water partition coefficient (Wildman–Crippen LogP) is 1.58. The molecule has 2 N–H and O–H groups in total. The SMILES string of the molecule is COC(=O)[C@@H](N)c1ccc(SC)cc1. The van der Waals surface area contributed by atoms with Crippen LogP contribution in [0.25, 0.3) is 0 Å². The summed E-state index contributed by atoms with van der Waals surface area (Å²) in [6, 6.07) is 6.86. The molecule has 1 rings (SSSR count). The van der Waals surface area contributed by atoms with E-state index in [9.17, 15) is 4.79 Å². The second-order valence-electron chi connectivity index (χ2n) is 2.77. The molecule has 1 aromatic rings. The molecule has 0 saturated heterocycles. The molecule has 0 fully saturated rings. The molecule has 0 spiro atoms. The number of thioether (sulfide) groups is 1. The average molecular weight is 211 g/mol. The Bertz CT molecular complexity index is 310. The maximum Gasteiger partial charge on any atom is 0.327 e. The standard InChI is InChI=1S/C10H13NO2S/c1-13-10(12)9(11)7-3-5-8(14-2)6-4-7/h3-6,9H,11H2,1-2H3/t9-/m0/s1. The summed E-state index contributed by atoms with van der Waals surface area (Å²) in [5, 5.41) is 0. The highest BCUT2D eigenvalue weighted by molar-refractivity contribution is 7.98. The first-order chi connectivity index (χ1) is 6.69. The minimum atomic E-state index is -0.684. The van der Waals surface area contributed by atoms with Crippen LogP contribution in [-0.4, -0.2) is 19.3 Å². The van der Waals surface area contributed by atoms with Crippen molar-refractivity contribution in [1.82, 2.24) is 0 Å². The molecular weight excluding hydrogens is 198 g/mol. The number of carbonyl (C=O) groups excluding carboxylic acids is 1. The van der Waals surface area contributed by atoms with Crippen molar-refractivity contribution in [2.24, 2.45) is 5.73 Å². The van der Waals surface area contributed by atoms with Gasteiger partial charge >= 0.3 is 5.97 Å². The topological polar surface area (TPSA) is 52.3 Å². The summed E-state index contributed by atoms with van der Waals surface area (Å²) in [6.07, 6.45) is 2.00. The van der Waals surface area contributed by atoms with Gasteiger partial charge in [-0.3, -0.25) is 4.79 Å². The molecule has 0 aliphatic carbocycles. The zero-order chi connectivity index (χ0) is 10.6. The minimum absolute atomic E-state index is 0.415. The van der Waals surface area contributed by atoms with E-state index in [4.69, 9.17) is 5.73 Å². The van der Waals surface area contributed by atoms with Crippen molar-refractivity contribution in [3.05, 3.63) is 29.8 Å². The number of carbonyl (C=O) groups is 1. The van der Waals surface area contributed by atoms with Gasteiger partial charge in [0.05, 0.1) is 7.11 Å². The first-order valence-electron chi connectivity index (χ1n) is 4.16. The molecule has 3 nitrogen and oxygen atoms in total. The molecule has 0 unspecified atom stereocenters. The highest BCUT2D eigenvalue weighted by Crippen LogP contribution is 2.18. The molecule has 1 aromatic carbocycles. The van der Waals surface area contributed by atoms with Gasteiger partial charge in [-0.1, -0.05) is 12.1 Å². The third-order valence-corrected chi connectivity index (χ3v) is 2.67. The highest BCUT2D eigenvalue weighted by atomic mass is 32.2. The monoisotopic (exact) mass is 211 g/mol. The van der Waals surface area contributed by atoms with Crippen molar-refractivity contribution in [2.45, 2.75) is 10.9 Å². The number of nitrogens with two attached hydrogens (primary N) is 1. The second kappa shape index (κ2) is 5.02. The Morgan fingerprint density at radius 3 is 2.43 bits per heavy atom. The summed E-state index contributed by atoms with van der Waals surface area (Å²) >= 11 is 1.65. The summed E-state index contributed by atoms with van der Waals surface area (Å²) in [5.41, 5.74) is 6.43. The Balaban J connectivity index is 2.81. The highest BCUT2D eigenvalue weighted by Gasteiger charge is 2.15. The van der Waals surface area contributed by atoms with Crippen LogP contribution in [-0.2, 0) is 9.53 Å². The summed E-state index contributed by atoms with van der Waals surface area (Å²) in [6.45, 7) is 0. The van der Waals surface area contributed by atoms with Gasteiger partial charge in [0, 0.05) is 4.90 Å². The Morgan fingerprint density at radius 1 is 1.43 bits per heavy atom. The van der Waals surface area contributed by atoms with Gasteiger partial charge in [-0.05, 0) is 24.0 Å². The molecule has 0 bridgehead atoms. The Morgan fingerprint density at radius 2 is 2.00 bits per heavy atom. The van der Waals surface area contributed by atoms with E-state index < -0.39 is 12.0 Å². The minimum Gasteiger partial charge on any atom is -0.468 e. The number of hydrogen-bond donors (Lipinski definition) is 1. The molecule has 0 heterocycles. The van der Waals surface area contributed by atoms with Gasteiger partial charge in [0.15, 0.2) is 0 Å². The molecule has 0 saturated carbocycles. The first kappa shape index (κ1) is 11.1. The summed E-state index contributed by atoms with van der Waals surface area (Å²) in [4.78, 5) is 12.3. The molecular formula is C10H13NO2S. The van der Waals surface area contributed by atoms with E-state index in [1.807, 2.05) is 30.5 Å². The van der Waals surface area contributed by atoms with Crippen molar-refractivity contribution in [2.75, 3.05) is 13.4 Å². The van der Waals surface area contributed by atoms with Crippen LogP contribution < -0.4 is 5.73 Å². The van der Waals surface area contributed by atoms with Crippen LogP contribution >= 0.6 is 11.8 Å². The van der Waals surface area contributed by atoms with Crippen molar-refractivity contribution >= 4 is 17.7 Å². The van der Waals surface area contributed by atoms with E-state index in [0.717, 1.165) is 10.5 Å². The fraction of sp³-hybridized carbons (Fsp3) is 0.300. The van der Waals surface area contributed by atoms with Crippen molar-refractivity contribution in [3.8, 4) is 0 Å². The van der Waals surface area contributed by atoms with E-state index in [0.29, 0.717) is 0 Å². The molecule has 14 heavy (non-hydrogen) atoms. The normalized spacial score (nSPS) is 12.2. The smallest absolute Gasteiger partial charge is 0.327 e. The maximum atomic E-state index is 11.1. The van der Waals surface area contributed by atoms with Crippen molar-refractivity contribution < 1.29 is 9.53 Å². The quantitative estimate of drug-likeness (QED) is 0.609. The lowest BCUT2D eigenvalue weighted by Crippen LogP contribution is -2.22. The van der Waals surface area contributed by atoms with Crippen LogP contribution in [0.3, 0.4) is 0 Å². The van der Waals surface area contributed by atoms with Gasteiger partial charge in [0.25, 0.3) is 0 Å². The fourth-order valence-electron chi connectivity index (χ4n) is 1.07. The Labute approximate surface area is 87.6 Å². The van der Waals surface area contributed by atoms with Crippen molar-refractivity contribution in [3.63, 3.8) is 0 Å². The fourth-order valence-corrected chi connectivity index (χ4v) is 1.48. The third kappa shape index (κ3) is 2.49. The van der Waals surface area contributed by atoms with Crippen LogP contribution in [0.15, 0.2) is 29.2 Å². The third-order valence-electron chi connectivity index (χ3n) is 1.93. The van der Waals surface area contributed by atoms with Gasteiger partial charge in [0.2, 0.25) is 0 Å². The number of ether oxygens (including phenoxy) is 1. The van der Waals surface area contributed by atoms with Crippen LogP contribution in [0.1, 0.15) is 11.6 Å². The Kier molecular flexibility index (Phi) is 3.98. The van der Waals surface area contributed by atoms with Crippen molar-refractivity contribution in [1.29, 1.82) is 0 Å². The van der Waals surface area contributed by atoms with E-state index in [2.05, 4.69) is 4.74 Å². The van der Waals surface area contributed by atoms with E-state index in [-0.39, 0.29) is 0 Å². The van der Waals surface area contributed by atoms with Crippen LogP contribution in [0, 0.1) is 0 Å². The molecule has 1 atom stereocenters. The van der Waals surface area contributed by atoms with E-state index in [1.165, 1.54) is 7.11 Å². The van der Waals surface area contributed by atoms with Gasteiger partial charge in [-0.15, -0.1) is 11.8 Å². The first-order valence-corrected chi connectivity index (χ1v) is 5.39. The lowest BCUT2D eigenvalue weighted by molar-refractivity contribution is -0.142. The lowest BCUT2D eigenvalue weighted by Gasteiger charge is -2.09. The van der Waals surface area contributed by atoms with Gasteiger partial charge in [-0.2, -0.15) is 0 Å². The van der Waals surface area contributed by atoms with Gasteiger partial charge < -0.3 is 10.5 Å². The van der Waals surface area contributed by atoms with E-state index >= 15 is 0 Å². The van der Waals surface area contributed by atoms with Crippen LogP contribution in [0.5, 0.6) is 0 Å². The molecule has 76 valence electrons. The number of benzene rings is 1. The number of hydrogen-bond acceptors (Lipinski definition) is 4. The average Bonchev–Trinajstić information content (AvgIpc) is 2.27. The van der Waals surface area contributed by atoms with Gasteiger partial charge in [-0.25, -0.2) is 0 Å². The lowest BCUT2D eigenvalue weighted by atomic mass is 10.1. The largest absolute Gasteiger partial charge is 0.468 e. The molecule has 0 aromatic heterocycles. The molecule has 0 aliphatic heterocycles. The molecule has 0 amide bonds. The van der Waals surface area contributed by atoms with E-state index in [1.54, 1.807) is 11.8 Å². The summed E-state index contributed by atoms with van der Waals surface area (Å²) in [7, 11) is 1.33. The zero-order valence-corrected chi connectivity index (χ0v) is 9.01. The molecule has 0 radical (unpaired) electrons. The Hall–Kier alpha value is -1.00. The zero-order valence-electron chi connectivity index (χ0n) is 8.19. The molecule has 4 heteroatoms. The summed E-state index contributed by atoms with van der Waals surface area (Å²) in [5.74, 6) is -0.415. The predicted molar refractivity (Wildman–Crippen MR) is 57.2 cm³/mol. The number of rotatable bonds is 3. The van der Waals surface area contributed by atoms with Gasteiger partial charge in [0.1, 0.15) is 6.04 Å². The number of esters is 1. The molecule has 0 aliphatic rings. The maximum absolute atomic E-state index is 11.1. The van der Waals surface area contributed by atoms with Crippen LogP contribution in [0.2, 0.25) is 0 Å².